The first kappa shape index (κ1) is 22.9. The number of nitrogens with one attached hydrogen (secondary N) is 1. The summed E-state index contributed by atoms with van der Waals surface area (Å²) in [6.07, 6.45) is -4.09. The Morgan fingerprint density at radius 2 is 1.69 bits per heavy atom. The van der Waals surface area contributed by atoms with Gasteiger partial charge < -0.3 is 14.8 Å². The lowest BCUT2D eigenvalue weighted by Gasteiger charge is -2.35. The predicted octanol–water partition coefficient (Wildman–Crippen LogP) is 5.04. The summed E-state index contributed by atoms with van der Waals surface area (Å²) in [6.45, 7) is 1.92. The van der Waals surface area contributed by atoms with Gasteiger partial charge in [0.2, 0.25) is 5.95 Å². The topological polar surface area (TPSA) is 78.3 Å². The minimum atomic E-state index is -4.71. The van der Waals surface area contributed by atoms with E-state index in [9.17, 15) is 18.0 Å². The highest BCUT2D eigenvalue weighted by atomic mass is 19.4. The van der Waals surface area contributed by atoms with Crippen molar-refractivity contribution in [3.05, 3.63) is 76.2 Å². The Balaban J connectivity index is 1.59. The maximum absolute atomic E-state index is 13.5. The number of alkyl halides is 3. The highest BCUT2D eigenvalue weighted by molar-refractivity contribution is 6.00. The number of carbonyl (C=O) groups excluding carboxylic acids is 1. The molecule has 0 spiro atoms. The van der Waals surface area contributed by atoms with Gasteiger partial charge in [0.05, 0.1) is 14.2 Å². The Kier molecular flexibility index (Phi) is 5.53. The summed E-state index contributed by atoms with van der Waals surface area (Å²) in [6, 6.07) is 12.0. The largest absolute Gasteiger partial charge is 0.493 e. The van der Waals surface area contributed by atoms with Crippen LogP contribution in [0.1, 0.15) is 47.3 Å². The Bertz CT molecular complexity index is 1330. The fourth-order valence-electron chi connectivity index (χ4n) is 4.73. The number of hydrogen-bond acceptors (Lipinski definition) is 6. The molecule has 2 heterocycles. The van der Waals surface area contributed by atoms with Gasteiger partial charge in [-0.25, -0.2) is 4.68 Å². The minimum absolute atomic E-state index is 0.0394. The van der Waals surface area contributed by atoms with Crippen LogP contribution >= 0.6 is 0 Å². The van der Waals surface area contributed by atoms with Crippen LogP contribution in [0.25, 0.3) is 0 Å². The maximum atomic E-state index is 13.5. The van der Waals surface area contributed by atoms with E-state index in [1.807, 2.05) is 43.3 Å². The lowest BCUT2D eigenvalue weighted by molar-refractivity contribution is -0.145. The number of allylic oxidation sites excluding steroid dienone is 2. The molecule has 0 saturated carbocycles. The molecular weight excluding hydrogens is 461 g/mol. The minimum Gasteiger partial charge on any atom is -0.493 e. The number of rotatable bonds is 4. The highest BCUT2D eigenvalue weighted by Crippen LogP contribution is 2.45. The summed E-state index contributed by atoms with van der Waals surface area (Å²) in [5.41, 5.74) is 3.51. The van der Waals surface area contributed by atoms with Crippen molar-refractivity contribution in [1.29, 1.82) is 0 Å². The van der Waals surface area contributed by atoms with E-state index < -0.39 is 18.0 Å². The van der Waals surface area contributed by atoms with Crippen molar-refractivity contribution in [3.8, 4) is 11.5 Å². The molecule has 2 aliphatic rings. The number of hydrogen-bond donors (Lipinski definition) is 1. The van der Waals surface area contributed by atoms with Gasteiger partial charge in [-0.2, -0.15) is 18.2 Å². The Hall–Kier alpha value is -3.82. The molecule has 10 heteroatoms. The number of anilines is 1. The molecule has 0 unspecified atom stereocenters. The lowest BCUT2D eigenvalue weighted by Crippen LogP contribution is -2.33. The summed E-state index contributed by atoms with van der Waals surface area (Å²) in [4.78, 5) is 17.2. The fraction of sp³-hybridized carbons (Fsp3) is 0.320. The van der Waals surface area contributed by atoms with Crippen LogP contribution in [0.4, 0.5) is 19.1 Å². The summed E-state index contributed by atoms with van der Waals surface area (Å²) in [5.74, 6) is -0.520. The van der Waals surface area contributed by atoms with Gasteiger partial charge in [-0.3, -0.25) is 4.79 Å². The van der Waals surface area contributed by atoms with E-state index in [4.69, 9.17) is 9.47 Å². The molecule has 1 aromatic heterocycles. The number of methoxy groups -OCH3 is 2. The van der Waals surface area contributed by atoms with E-state index in [2.05, 4.69) is 15.4 Å². The second-order valence-electron chi connectivity index (χ2n) is 8.67. The van der Waals surface area contributed by atoms with Crippen molar-refractivity contribution in [2.24, 2.45) is 0 Å². The van der Waals surface area contributed by atoms with E-state index in [-0.39, 0.29) is 24.1 Å². The Morgan fingerprint density at radius 3 is 2.34 bits per heavy atom. The number of aromatic nitrogens is 3. The van der Waals surface area contributed by atoms with Crippen molar-refractivity contribution in [2.75, 3.05) is 19.5 Å². The standard InChI is InChI=1S/C25H23F3N4O3/c1-13-4-6-14(7-5-13)22-21-17(29-24-30-23(25(26,27)28)31-32(22)24)10-16(11-18(21)33)15-8-9-19(34-2)20(12-15)35-3/h4-9,12,16,22H,10-11H2,1-3H3,(H,29,30,31)/t16-,22-/m1/s1. The normalized spacial score (nSPS) is 19.7. The molecule has 0 saturated heterocycles. The highest BCUT2D eigenvalue weighted by Gasteiger charge is 2.43. The van der Waals surface area contributed by atoms with Crippen LogP contribution in [0.2, 0.25) is 0 Å². The molecule has 1 aliphatic carbocycles. The van der Waals surface area contributed by atoms with Crippen LogP contribution in [0.15, 0.2) is 53.7 Å². The molecular formula is C25H23F3N4O3. The van der Waals surface area contributed by atoms with Crippen molar-refractivity contribution in [1.82, 2.24) is 14.8 Å². The van der Waals surface area contributed by atoms with Crippen molar-refractivity contribution >= 4 is 11.7 Å². The first-order valence-electron chi connectivity index (χ1n) is 11.0. The third-order valence-corrected chi connectivity index (χ3v) is 6.45. The molecule has 2 atom stereocenters. The second kappa shape index (κ2) is 8.44. The number of ether oxygens (including phenoxy) is 2. The van der Waals surface area contributed by atoms with Gasteiger partial charge in [0.1, 0.15) is 6.04 Å². The van der Waals surface area contributed by atoms with E-state index in [1.54, 1.807) is 13.2 Å². The van der Waals surface area contributed by atoms with E-state index >= 15 is 0 Å². The molecule has 0 fully saturated rings. The molecule has 35 heavy (non-hydrogen) atoms. The molecule has 5 rings (SSSR count). The second-order valence-corrected chi connectivity index (χ2v) is 8.67. The van der Waals surface area contributed by atoms with E-state index in [1.165, 1.54) is 11.8 Å². The number of aryl methyl sites for hydroxylation is 1. The summed E-state index contributed by atoms with van der Waals surface area (Å²) in [5, 5.41) is 6.72. The first-order chi connectivity index (χ1) is 16.7. The average molecular weight is 484 g/mol. The van der Waals surface area contributed by atoms with Crippen LogP contribution in [0, 0.1) is 6.92 Å². The van der Waals surface area contributed by atoms with Crippen molar-refractivity contribution < 1.29 is 27.4 Å². The predicted molar refractivity (Wildman–Crippen MR) is 122 cm³/mol. The number of benzene rings is 2. The van der Waals surface area contributed by atoms with Gasteiger partial charge in [0.15, 0.2) is 17.3 Å². The number of fused-ring (bicyclic) bond motifs is 1. The van der Waals surface area contributed by atoms with Gasteiger partial charge in [-0.05, 0) is 42.5 Å². The van der Waals surface area contributed by atoms with Crippen molar-refractivity contribution in [2.45, 2.75) is 37.9 Å². The van der Waals surface area contributed by atoms with Crippen LogP contribution in [-0.2, 0) is 11.0 Å². The van der Waals surface area contributed by atoms with Gasteiger partial charge in [-0.1, -0.05) is 35.9 Å². The molecule has 0 radical (unpaired) electrons. The SMILES string of the molecule is COc1ccc([C@H]2CC(=O)C3=C(C2)Nc2nc(C(F)(F)F)nn2[C@@H]3c2ccc(C)cc2)cc1OC. The third kappa shape index (κ3) is 4.02. The molecule has 3 aromatic rings. The Morgan fingerprint density at radius 1 is 1.00 bits per heavy atom. The number of Topliss-reactive ketones (excluding diaryl/α,β-unsaturated/α-hetero) is 1. The average Bonchev–Trinajstić information content (AvgIpc) is 3.27. The molecule has 2 aromatic carbocycles. The van der Waals surface area contributed by atoms with Gasteiger partial charge in [0, 0.05) is 17.7 Å². The Labute approximate surface area is 199 Å². The summed E-state index contributed by atoms with van der Waals surface area (Å²) >= 11 is 0. The molecule has 182 valence electrons. The molecule has 1 N–H and O–H groups in total. The zero-order chi connectivity index (χ0) is 24.9. The molecule has 1 aliphatic heterocycles. The number of carbonyl (C=O) groups is 1. The van der Waals surface area contributed by atoms with Crippen molar-refractivity contribution in [3.63, 3.8) is 0 Å². The number of halogens is 3. The molecule has 0 bridgehead atoms. The quantitative estimate of drug-likeness (QED) is 0.559. The smallest absolute Gasteiger partial charge is 0.453 e. The molecule has 7 nitrogen and oxygen atoms in total. The van der Waals surface area contributed by atoms with E-state index in [0.717, 1.165) is 11.1 Å². The monoisotopic (exact) mass is 484 g/mol. The van der Waals surface area contributed by atoms with Crippen LogP contribution < -0.4 is 14.8 Å². The lowest BCUT2D eigenvalue weighted by atomic mass is 9.78. The molecule has 0 amide bonds. The van der Waals surface area contributed by atoms with Gasteiger partial charge in [0.25, 0.3) is 5.82 Å². The van der Waals surface area contributed by atoms with Crippen LogP contribution in [0.5, 0.6) is 11.5 Å². The van der Waals surface area contributed by atoms with E-state index in [0.29, 0.717) is 34.8 Å². The zero-order valence-electron chi connectivity index (χ0n) is 19.3. The summed E-state index contributed by atoms with van der Waals surface area (Å²) in [7, 11) is 3.08. The first-order valence-corrected chi connectivity index (χ1v) is 11.0. The maximum Gasteiger partial charge on any atom is 0.453 e. The number of nitrogens with zero attached hydrogens (tertiary/aromatic N) is 3. The van der Waals surface area contributed by atoms with Gasteiger partial charge in [-0.15, -0.1) is 5.10 Å². The number of ketones is 1. The fourth-order valence-corrected chi connectivity index (χ4v) is 4.73. The van der Waals surface area contributed by atoms with Crippen LogP contribution in [-0.4, -0.2) is 34.8 Å². The van der Waals surface area contributed by atoms with Gasteiger partial charge >= 0.3 is 6.18 Å². The van der Waals surface area contributed by atoms with Crippen LogP contribution in [0.3, 0.4) is 0 Å². The zero-order valence-corrected chi connectivity index (χ0v) is 19.3. The third-order valence-electron chi connectivity index (χ3n) is 6.45. The summed E-state index contributed by atoms with van der Waals surface area (Å²) < 4.78 is 52.2.